The number of para-hydroxylation sites is 2. The van der Waals surface area contributed by atoms with Crippen LogP contribution in [-0.4, -0.2) is 31.3 Å². The molecule has 1 unspecified atom stereocenters. The SMILES string of the molecule is COc1cccc(C2Nc3ccccc3C(=O)N2c2ccc3c(c2)OCCO3)c1O. The zero-order valence-corrected chi connectivity index (χ0v) is 16.3. The normalized spacial score (nSPS) is 17.2. The van der Waals surface area contributed by atoms with Gasteiger partial charge in [0.2, 0.25) is 0 Å². The van der Waals surface area contributed by atoms with Crippen LogP contribution in [0.3, 0.4) is 0 Å². The predicted molar refractivity (Wildman–Crippen MR) is 112 cm³/mol. The molecule has 30 heavy (non-hydrogen) atoms. The number of carbonyl (C=O) groups is 1. The monoisotopic (exact) mass is 404 g/mol. The summed E-state index contributed by atoms with van der Waals surface area (Å²) in [5, 5.41) is 14.2. The molecule has 5 rings (SSSR count). The van der Waals surface area contributed by atoms with Crippen molar-refractivity contribution in [1.82, 2.24) is 0 Å². The lowest BCUT2D eigenvalue weighted by Gasteiger charge is -2.38. The largest absolute Gasteiger partial charge is 0.504 e. The number of ether oxygens (including phenoxy) is 3. The van der Waals surface area contributed by atoms with Crippen molar-refractivity contribution in [3.05, 3.63) is 71.8 Å². The quantitative estimate of drug-likeness (QED) is 0.688. The molecule has 2 N–H and O–H groups in total. The zero-order chi connectivity index (χ0) is 20.7. The number of nitrogens with one attached hydrogen (secondary N) is 1. The molecule has 0 aliphatic carbocycles. The maximum absolute atomic E-state index is 13.5. The summed E-state index contributed by atoms with van der Waals surface area (Å²) in [4.78, 5) is 15.1. The number of fused-ring (bicyclic) bond motifs is 2. The van der Waals surface area contributed by atoms with E-state index < -0.39 is 6.17 Å². The molecule has 2 heterocycles. The highest BCUT2D eigenvalue weighted by Crippen LogP contribution is 2.44. The van der Waals surface area contributed by atoms with Crippen molar-refractivity contribution in [2.24, 2.45) is 0 Å². The van der Waals surface area contributed by atoms with E-state index in [-0.39, 0.29) is 11.7 Å². The van der Waals surface area contributed by atoms with Crippen LogP contribution < -0.4 is 24.4 Å². The molecule has 0 fully saturated rings. The van der Waals surface area contributed by atoms with Crippen molar-refractivity contribution in [2.45, 2.75) is 6.17 Å². The molecule has 0 spiro atoms. The second-order valence-electron chi connectivity index (χ2n) is 6.99. The summed E-state index contributed by atoms with van der Waals surface area (Å²) in [6.45, 7) is 0.940. The molecule has 2 aliphatic rings. The number of hydrogen-bond donors (Lipinski definition) is 2. The molecule has 1 amide bonds. The molecular weight excluding hydrogens is 384 g/mol. The van der Waals surface area contributed by atoms with E-state index in [1.165, 1.54) is 7.11 Å². The summed E-state index contributed by atoms with van der Waals surface area (Å²) in [5.74, 6) is 1.35. The minimum absolute atomic E-state index is 0.0211. The molecule has 0 aromatic heterocycles. The number of aromatic hydroxyl groups is 1. The highest BCUT2D eigenvalue weighted by atomic mass is 16.6. The number of methoxy groups -OCH3 is 1. The van der Waals surface area contributed by atoms with Crippen molar-refractivity contribution in [1.29, 1.82) is 0 Å². The first-order valence-corrected chi connectivity index (χ1v) is 9.62. The Bertz CT molecular complexity index is 1130. The van der Waals surface area contributed by atoms with Crippen LogP contribution in [0.5, 0.6) is 23.0 Å². The Labute approximate surface area is 173 Å². The van der Waals surface area contributed by atoms with Crippen molar-refractivity contribution in [3.8, 4) is 23.0 Å². The van der Waals surface area contributed by atoms with Gasteiger partial charge in [0.05, 0.1) is 18.4 Å². The second kappa shape index (κ2) is 7.18. The van der Waals surface area contributed by atoms with E-state index in [0.29, 0.717) is 53.0 Å². The number of anilines is 2. The number of phenolic OH excluding ortho intramolecular Hbond substituents is 1. The summed E-state index contributed by atoms with van der Waals surface area (Å²) in [5.41, 5.74) is 2.39. The van der Waals surface area contributed by atoms with E-state index in [2.05, 4.69) is 5.32 Å². The van der Waals surface area contributed by atoms with Gasteiger partial charge in [-0.25, -0.2) is 0 Å². The first kappa shape index (κ1) is 18.2. The van der Waals surface area contributed by atoms with Crippen molar-refractivity contribution < 1.29 is 24.1 Å². The lowest BCUT2D eigenvalue weighted by Crippen LogP contribution is -2.43. The van der Waals surface area contributed by atoms with E-state index in [0.717, 1.165) is 0 Å². The molecule has 152 valence electrons. The third-order valence-electron chi connectivity index (χ3n) is 5.28. The lowest BCUT2D eigenvalue weighted by atomic mass is 10.0. The van der Waals surface area contributed by atoms with E-state index in [1.807, 2.05) is 24.3 Å². The third kappa shape index (κ3) is 2.86. The Hall–Kier alpha value is -3.87. The number of benzene rings is 3. The van der Waals surface area contributed by atoms with Crippen molar-refractivity contribution in [2.75, 3.05) is 30.5 Å². The first-order valence-electron chi connectivity index (χ1n) is 9.62. The molecule has 2 aliphatic heterocycles. The Kier molecular flexibility index (Phi) is 4.35. The van der Waals surface area contributed by atoms with Gasteiger partial charge in [-0.3, -0.25) is 9.69 Å². The van der Waals surface area contributed by atoms with Crippen LogP contribution in [0.15, 0.2) is 60.7 Å². The number of nitrogens with zero attached hydrogens (tertiary/aromatic N) is 1. The molecule has 7 heteroatoms. The molecule has 0 saturated carbocycles. The molecule has 3 aromatic rings. The zero-order valence-electron chi connectivity index (χ0n) is 16.3. The van der Waals surface area contributed by atoms with Gasteiger partial charge >= 0.3 is 0 Å². The van der Waals surface area contributed by atoms with Gasteiger partial charge < -0.3 is 24.6 Å². The molecule has 7 nitrogen and oxygen atoms in total. The number of carbonyl (C=O) groups excluding carboxylic acids is 1. The standard InChI is InChI=1S/C23H20N2O5/c1-28-19-8-4-6-16(21(19)26)22-24-17-7-3-2-5-15(17)23(27)25(22)14-9-10-18-20(13-14)30-12-11-29-18/h2-10,13,22,24,26H,11-12H2,1H3. The van der Waals surface area contributed by atoms with Crippen LogP contribution in [0.1, 0.15) is 22.1 Å². The van der Waals surface area contributed by atoms with Gasteiger partial charge in [0.1, 0.15) is 19.4 Å². The minimum Gasteiger partial charge on any atom is -0.504 e. The fraction of sp³-hybridized carbons (Fsp3) is 0.174. The average molecular weight is 404 g/mol. The van der Waals surface area contributed by atoms with Gasteiger partial charge in [-0.15, -0.1) is 0 Å². The maximum atomic E-state index is 13.5. The van der Waals surface area contributed by atoms with Crippen LogP contribution in [0, 0.1) is 0 Å². The van der Waals surface area contributed by atoms with Gasteiger partial charge in [-0.1, -0.05) is 24.3 Å². The lowest BCUT2D eigenvalue weighted by molar-refractivity contribution is 0.0974. The Morgan fingerprint density at radius 1 is 1.03 bits per heavy atom. The minimum atomic E-state index is -0.648. The molecule has 1 atom stereocenters. The van der Waals surface area contributed by atoms with Gasteiger partial charge in [0.25, 0.3) is 5.91 Å². The van der Waals surface area contributed by atoms with Gasteiger partial charge in [0.15, 0.2) is 23.0 Å². The van der Waals surface area contributed by atoms with E-state index >= 15 is 0 Å². The number of amides is 1. The Morgan fingerprint density at radius 3 is 2.67 bits per heavy atom. The van der Waals surface area contributed by atoms with Gasteiger partial charge in [-0.05, 0) is 30.3 Å². The van der Waals surface area contributed by atoms with E-state index in [4.69, 9.17) is 14.2 Å². The van der Waals surface area contributed by atoms with E-state index in [9.17, 15) is 9.90 Å². The summed E-state index contributed by atoms with van der Waals surface area (Å²) in [7, 11) is 1.49. The summed E-state index contributed by atoms with van der Waals surface area (Å²) < 4.78 is 16.6. The van der Waals surface area contributed by atoms with Crippen LogP contribution >= 0.6 is 0 Å². The number of phenols is 1. The fourth-order valence-electron chi connectivity index (χ4n) is 3.84. The Balaban J connectivity index is 1.67. The molecule has 0 saturated heterocycles. The van der Waals surface area contributed by atoms with Crippen molar-refractivity contribution in [3.63, 3.8) is 0 Å². The third-order valence-corrected chi connectivity index (χ3v) is 5.28. The molecule has 0 bridgehead atoms. The summed E-state index contributed by atoms with van der Waals surface area (Å²) >= 11 is 0. The highest BCUT2D eigenvalue weighted by molar-refractivity contribution is 6.12. The Morgan fingerprint density at radius 2 is 1.83 bits per heavy atom. The number of hydrogen-bond acceptors (Lipinski definition) is 6. The summed E-state index contributed by atoms with van der Waals surface area (Å²) in [6, 6.07) is 17.9. The second-order valence-corrected chi connectivity index (χ2v) is 6.99. The van der Waals surface area contributed by atoms with Crippen LogP contribution in [0.2, 0.25) is 0 Å². The number of rotatable bonds is 3. The first-order chi connectivity index (χ1) is 14.7. The molecule has 3 aromatic carbocycles. The van der Waals surface area contributed by atoms with E-state index in [1.54, 1.807) is 41.3 Å². The molecule has 0 radical (unpaired) electrons. The van der Waals surface area contributed by atoms with Crippen molar-refractivity contribution >= 4 is 17.3 Å². The topological polar surface area (TPSA) is 80.3 Å². The van der Waals surface area contributed by atoms with Crippen LogP contribution in [0.4, 0.5) is 11.4 Å². The van der Waals surface area contributed by atoms with Crippen LogP contribution in [-0.2, 0) is 0 Å². The fourth-order valence-corrected chi connectivity index (χ4v) is 3.84. The van der Waals surface area contributed by atoms with Gasteiger partial charge in [0, 0.05) is 17.3 Å². The summed E-state index contributed by atoms with van der Waals surface area (Å²) in [6.07, 6.45) is -0.648. The van der Waals surface area contributed by atoms with Crippen LogP contribution in [0.25, 0.3) is 0 Å². The smallest absolute Gasteiger partial charge is 0.262 e. The maximum Gasteiger partial charge on any atom is 0.262 e. The predicted octanol–water partition coefficient (Wildman–Crippen LogP) is 3.94. The highest BCUT2D eigenvalue weighted by Gasteiger charge is 2.36. The van der Waals surface area contributed by atoms with Gasteiger partial charge in [-0.2, -0.15) is 0 Å². The average Bonchev–Trinajstić information content (AvgIpc) is 2.79. The molecular formula is C23H20N2O5.